The zero-order chi connectivity index (χ0) is 13.0. The molecule has 1 aliphatic carbocycles. The topological polar surface area (TPSA) is 64.4 Å². The molecule has 104 valence electrons. The standard InChI is InChI=1S/C14H26N2O2/c1-11(12-6-5-9-18-12)16-13(17)14(10-15)7-3-2-4-8-14/h11-12H,2-10,15H2,1H3,(H,16,17). The highest BCUT2D eigenvalue weighted by molar-refractivity contribution is 5.83. The van der Waals surface area contributed by atoms with Gasteiger partial charge in [0.25, 0.3) is 0 Å². The smallest absolute Gasteiger partial charge is 0.227 e. The maximum Gasteiger partial charge on any atom is 0.227 e. The van der Waals surface area contributed by atoms with Crippen molar-refractivity contribution in [1.29, 1.82) is 0 Å². The summed E-state index contributed by atoms with van der Waals surface area (Å²) in [6.07, 6.45) is 7.70. The molecule has 2 aliphatic rings. The minimum atomic E-state index is -0.314. The van der Waals surface area contributed by atoms with Gasteiger partial charge in [0.15, 0.2) is 0 Å². The minimum Gasteiger partial charge on any atom is -0.376 e. The van der Waals surface area contributed by atoms with Crippen LogP contribution in [-0.2, 0) is 9.53 Å². The third kappa shape index (κ3) is 2.86. The van der Waals surface area contributed by atoms with E-state index in [1.807, 2.05) is 6.92 Å². The lowest BCUT2D eigenvalue weighted by Gasteiger charge is -2.36. The molecular formula is C14H26N2O2. The second-order valence-electron chi connectivity index (χ2n) is 5.86. The Balaban J connectivity index is 1.92. The average Bonchev–Trinajstić information content (AvgIpc) is 2.93. The lowest BCUT2D eigenvalue weighted by atomic mass is 9.73. The van der Waals surface area contributed by atoms with Gasteiger partial charge in [-0.3, -0.25) is 4.79 Å². The first-order valence-corrected chi connectivity index (χ1v) is 7.31. The van der Waals surface area contributed by atoms with E-state index < -0.39 is 0 Å². The zero-order valence-electron chi connectivity index (χ0n) is 11.4. The first-order chi connectivity index (χ1) is 8.68. The van der Waals surface area contributed by atoms with Crippen LogP contribution in [-0.4, -0.2) is 31.2 Å². The van der Waals surface area contributed by atoms with Crippen LogP contribution in [0.3, 0.4) is 0 Å². The summed E-state index contributed by atoms with van der Waals surface area (Å²) in [5.41, 5.74) is 5.56. The van der Waals surface area contributed by atoms with Crippen molar-refractivity contribution in [1.82, 2.24) is 5.32 Å². The molecule has 0 aromatic rings. The molecule has 1 saturated carbocycles. The molecule has 2 rings (SSSR count). The molecule has 0 radical (unpaired) electrons. The number of hydrogen-bond acceptors (Lipinski definition) is 3. The van der Waals surface area contributed by atoms with Crippen LogP contribution >= 0.6 is 0 Å². The monoisotopic (exact) mass is 254 g/mol. The van der Waals surface area contributed by atoms with E-state index in [1.165, 1.54) is 6.42 Å². The van der Waals surface area contributed by atoms with Crippen molar-refractivity contribution in [2.45, 2.75) is 64.0 Å². The maximum atomic E-state index is 12.5. The van der Waals surface area contributed by atoms with Crippen molar-refractivity contribution >= 4 is 5.91 Å². The summed E-state index contributed by atoms with van der Waals surface area (Å²) >= 11 is 0. The van der Waals surface area contributed by atoms with Crippen LogP contribution in [0.2, 0.25) is 0 Å². The molecule has 1 amide bonds. The zero-order valence-corrected chi connectivity index (χ0v) is 11.4. The SMILES string of the molecule is CC(NC(=O)C1(CN)CCCCC1)C1CCCO1. The Morgan fingerprint density at radius 1 is 1.39 bits per heavy atom. The third-order valence-electron chi connectivity index (χ3n) is 4.56. The molecule has 0 aromatic heterocycles. The summed E-state index contributed by atoms with van der Waals surface area (Å²) in [7, 11) is 0. The van der Waals surface area contributed by atoms with Crippen LogP contribution in [0.4, 0.5) is 0 Å². The number of amides is 1. The number of nitrogens with one attached hydrogen (secondary N) is 1. The van der Waals surface area contributed by atoms with Gasteiger partial charge in [0.05, 0.1) is 17.6 Å². The number of carbonyl (C=O) groups is 1. The van der Waals surface area contributed by atoms with Crippen LogP contribution in [0.5, 0.6) is 0 Å². The molecule has 2 fully saturated rings. The molecule has 0 aromatic carbocycles. The van der Waals surface area contributed by atoms with Gasteiger partial charge in [-0.15, -0.1) is 0 Å². The van der Waals surface area contributed by atoms with Crippen LogP contribution in [0.25, 0.3) is 0 Å². The van der Waals surface area contributed by atoms with E-state index in [0.29, 0.717) is 6.54 Å². The van der Waals surface area contributed by atoms with Crippen LogP contribution in [0.15, 0.2) is 0 Å². The summed E-state index contributed by atoms with van der Waals surface area (Å²) in [4.78, 5) is 12.5. The van der Waals surface area contributed by atoms with Crippen molar-refractivity contribution in [2.24, 2.45) is 11.1 Å². The van der Waals surface area contributed by atoms with Gasteiger partial charge in [0, 0.05) is 13.2 Å². The quantitative estimate of drug-likeness (QED) is 0.800. The molecule has 4 heteroatoms. The molecule has 1 saturated heterocycles. The Morgan fingerprint density at radius 3 is 2.67 bits per heavy atom. The predicted molar refractivity (Wildman–Crippen MR) is 71.2 cm³/mol. The average molecular weight is 254 g/mol. The second kappa shape index (κ2) is 6.02. The number of hydrogen-bond donors (Lipinski definition) is 2. The van der Waals surface area contributed by atoms with Crippen molar-refractivity contribution < 1.29 is 9.53 Å². The minimum absolute atomic E-state index is 0.102. The van der Waals surface area contributed by atoms with Gasteiger partial charge >= 0.3 is 0 Å². The Labute approximate surface area is 110 Å². The van der Waals surface area contributed by atoms with Crippen molar-refractivity contribution in [3.8, 4) is 0 Å². The predicted octanol–water partition coefficient (Wildman–Crippen LogP) is 1.58. The van der Waals surface area contributed by atoms with E-state index in [9.17, 15) is 4.79 Å². The normalized spacial score (nSPS) is 28.9. The number of rotatable bonds is 4. The van der Waals surface area contributed by atoms with Gasteiger partial charge in [-0.05, 0) is 32.6 Å². The fraction of sp³-hybridized carbons (Fsp3) is 0.929. The largest absolute Gasteiger partial charge is 0.376 e. The summed E-state index contributed by atoms with van der Waals surface area (Å²) in [6.45, 7) is 3.34. The van der Waals surface area contributed by atoms with Gasteiger partial charge < -0.3 is 15.8 Å². The highest BCUT2D eigenvalue weighted by Gasteiger charge is 2.39. The van der Waals surface area contributed by atoms with E-state index in [-0.39, 0.29) is 23.5 Å². The molecule has 3 N–H and O–H groups in total. The van der Waals surface area contributed by atoms with Crippen LogP contribution in [0.1, 0.15) is 51.9 Å². The first kappa shape index (κ1) is 13.8. The molecule has 1 heterocycles. The van der Waals surface area contributed by atoms with Gasteiger partial charge in [-0.25, -0.2) is 0 Å². The highest BCUT2D eigenvalue weighted by atomic mass is 16.5. The van der Waals surface area contributed by atoms with Crippen LogP contribution < -0.4 is 11.1 Å². The summed E-state index contributed by atoms with van der Waals surface area (Å²) in [5.74, 6) is 0.146. The van der Waals surface area contributed by atoms with Crippen molar-refractivity contribution in [3.05, 3.63) is 0 Å². The highest BCUT2D eigenvalue weighted by Crippen LogP contribution is 2.35. The fourth-order valence-corrected chi connectivity index (χ4v) is 3.20. The Morgan fingerprint density at radius 2 is 2.11 bits per heavy atom. The van der Waals surface area contributed by atoms with E-state index in [0.717, 1.165) is 45.1 Å². The lowest BCUT2D eigenvalue weighted by Crippen LogP contribution is -2.52. The molecule has 2 atom stereocenters. The number of carbonyl (C=O) groups excluding carboxylic acids is 1. The van der Waals surface area contributed by atoms with Crippen molar-refractivity contribution in [3.63, 3.8) is 0 Å². The van der Waals surface area contributed by atoms with E-state index in [4.69, 9.17) is 10.5 Å². The molecule has 2 unspecified atom stereocenters. The van der Waals surface area contributed by atoms with Crippen molar-refractivity contribution in [2.75, 3.05) is 13.2 Å². The van der Waals surface area contributed by atoms with Gasteiger partial charge in [0.1, 0.15) is 0 Å². The number of ether oxygens (including phenoxy) is 1. The third-order valence-corrected chi connectivity index (χ3v) is 4.56. The van der Waals surface area contributed by atoms with E-state index in [1.54, 1.807) is 0 Å². The lowest BCUT2D eigenvalue weighted by molar-refractivity contribution is -0.134. The van der Waals surface area contributed by atoms with Crippen LogP contribution in [0, 0.1) is 5.41 Å². The summed E-state index contributed by atoms with van der Waals surface area (Å²) in [5, 5.41) is 3.14. The maximum absolute atomic E-state index is 12.5. The first-order valence-electron chi connectivity index (χ1n) is 7.31. The summed E-state index contributed by atoms with van der Waals surface area (Å²) < 4.78 is 5.62. The molecular weight excluding hydrogens is 228 g/mol. The molecule has 0 spiro atoms. The molecule has 4 nitrogen and oxygen atoms in total. The molecule has 1 aliphatic heterocycles. The van der Waals surface area contributed by atoms with E-state index in [2.05, 4.69) is 5.32 Å². The Hall–Kier alpha value is -0.610. The van der Waals surface area contributed by atoms with Gasteiger partial charge in [0.2, 0.25) is 5.91 Å². The van der Waals surface area contributed by atoms with E-state index >= 15 is 0 Å². The summed E-state index contributed by atoms with van der Waals surface area (Å²) in [6, 6.07) is 0.102. The van der Waals surface area contributed by atoms with Gasteiger partial charge in [-0.1, -0.05) is 19.3 Å². The second-order valence-corrected chi connectivity index (χ2v) is 5.86. The number of nitrogens with two attached hydrogens (primary N) is 1. The molecule has 0 bridgehead atoms. The Kier molecular flexibility index (Phi) is 4.62. The Bertz CT molecular complexity index is 282. The van der Waals surface area contributed by atoms with Gasteiger partial charge in [-0.2, -0.15) is 0 Å². The molecule has 18 heavy (non-hydrogen) atoms. The fourth-order valence-electron chi connectivity index (χ4n) is 3.20.